The van der Waals surface area contributed by atoms with Crippen LogP contribution in [0.3, 0.4) is 0 Å². The number of rotatable bonds is 3. The van der Waals surface area contributed by atoms with Gasteiger partial charge in [0.1, 0.15) is 5.04 Å². The van der Waals surface area contributed by atoms with Crippen molar-refractivity contribution in [3.8, 4) is 0 Å². The highest BCUT2D eigenvalue weighted by atomic mass is 79.9. The molecule has 2 nitrogen and oxygen atoms in total. The highest BCUT2D eigenvalue weighted by molar-refractivity contribution is 8.93. The van der Waals surface area contributed by atoms with Crippen molar-refractivity contribution >= 4 is 33.8 Å². The molecule has 2 rings (SSSR count). The fraction of sp³-hybridized carbons (Fsp3) is 0.0833. The Bertz CT molecular complexity index is 428. The summed E-state index contributed by atoms with van der Waals surface area (Å²) in [6.45, 7) is 0. The van der Waals surface area contributed by atoms with E-state index in [1.807, 2.05) is 18.2 Å². The molecule has 2 aromatic rings. The second-order valence-corrected chi connectivity index (χ2v) is 4.07. The Morgan fingerprint density at radius 2 is 1.88 bits per heavy atom. The first-order chi connectivity index (χ1) is 7.36. The molecule has 0 atom stereocenters. The molecule has 1 aromatic carbocycles. The second kappa shape index (κ2) is 6.55. The lowest BCUT2D eigenvalue weighted by Gasteiger charge is -2.00. The van der Waals surface area contributed by atoms with Crippen LogP contribution < -0.4 is 0 Å². The van der Waals surface area contributed by atoms with Gasteiger partial charge < -0.3 is 4.42 Å². The topological polar surface area (TPSA) is 37.0 Å². The molecular formula is C12H12BrNOS. The minimum Gasteiger partial charge on any atom is -0.462 e. The fourth-order valence-electron chi connectivity index (χ4n) is 1.21. The van der Waals surface area contributed by atoms with Gasteiger partial charge in [-0.25, -0.2) is 0 Å². The molecule has 0 amide bonds. The van der Waals surface area contributed by atoms with Crippen molar-refractivity contribution in [2.45, 2.75) is 5.75 Å². The molecule has 0 bridgehead atoms. The van der Waals surface area contributed by atoms with Crippen LogP contribution in [0.4, 0.5) is 0 Å². The Hall–Kier alpha value is -1.00. The monoisotopic (exact) mass is 297 g/mol. The molecule has 0 aliphatic rings. The number of hydrogen-bond donors (Lipinski definition) is 1. The number of halogens is 1. The Balaban J connectivity index is 0.00000128. The predicted octanol–water partition coefficient (Wildman–Crippen LogP) is 4.12. The van der Waals surface area contributed by atoms with Gasteiger partial charge in [-0.05, 0) is 17.7 Å². The summed E-state index contributed by atoms with van der Waals surface area (Å²) in [5.41, 5.74) is 1.22. The zero-order valence-electron chi connectivity index (χ0n) is 8.55. The lowest BCUT2D eigenvalue weighted by molar-refractivity contribution is 0.559. The summed E-state index contributed by atoms with van der Waals surface area (Å²) >= 11 is 1.48. The molecule has 4 heteroatoms. The molecule has 0 aliphatic heterocycles. The van der Waals surface area contributed by atoms with E-state index in [4.69, 9.17) is 9.83 Å². The second-order valence-electron chi connectivity index (χ2n) is 3.08. The normalized spacial score (nSPS) is 9.50. The van der Waals surface area contributed by atoms with Gasteiger partial charge in [0.15, 0.2) is 5.76 Å². The Morgan fingerprint density at radius 1 is 1.12 bits per heavy atom. The molecule has 16 heavy (non-hydrogen) atoms. The first kappa shape index (κ1) is 13.1. The molecule has 0 fully saturated rings. The average molecular weight is 298 g/mol. The molecule has 0 spiro atoms. The molecule has 0 saturated carbocycles. The van der Waals surface area contributed by atoms with Crippen molar-refractivity contribution in [2.24, 2.45) is 0 Å². The van der Waals surface area contributed by atoms with E-state index < -0.39 is 0 Å². The first-order valence-corrected chi connectivity index (χ1v) is 5.64. The van der Waals surface area contributed by atoms with Gasteiger partial charge in [-0.2, -0.15) is 0 Å². The van der Waals surface area contributed by atoms with Crippen LogP contribution in [0.2, 0.25) is 0 Å². The smallest absolute Gasteiger partial charge is 0.158 e. The summed E-state index contributed by atoms with van der Waals surface area (Å²) in [7, 11) is 0. The molecule has 1 heterocycles. The van der Waals surface area contributed by atoms with Crippen molar-refractivity contribution in [1.29, 1.82) is 5.41 Å². The van der Waals surface area contributed by atoms with E-state index in [2.05, 4.69) is 12.1 Å². The summed E-state index contributed by atoms with van der Waals surface area (Å²) in [5, 5.41) is 8.24. The van der Waals surface area contributed by atoms with Crippen molar-refractivity contribution in [3.63, 3.8) is 0 Å². The zero-order valence-corrected chi connectivity index (χ0v) is 11.1. The third-order valence-corrected chi connectivity index (χ3v) is 2.94. The predicted molar refractivity (Wildman–Crippen MR) is 73.6 cm³/mol. The molecule has 0 aliphatic carbocycles. The van der Waals surface area contributed by atoms with Crippen LogP contribution in [0, 0.1) is 5.41 Å². The Labute approximate surface area is 109 Å². The van der Waals surface area contributed by atoms with Crippen LogP contribution in [0.5, 0.6) is 0 Å². The molecule has 0 unspecified atom stereocenters. The van der Waals surface area contributed by atoms with E-state index in [-0.39, 0.29) is 17.0 Å². The van der Waals surface area contributed by atoms with Crippen LogP contribution in [0.15, 0.2) is 53.1 Å². The van der Waals surface area contributed by atoms with Crippen molar-refractivity contribution in [3.05, 3.63) is 60.1 Å². The summed E-state index contributed by atoms with van der Waals surface area (Å²) < 4.78 is 5.14. The number of thioether (sulfide) groups is 1. The fourth-order valence-corrected chi connectivity index (χ4v) is 1.97. The number of nitrogens with one attached hydrogen (secondary N) is 1. The van der Waals surface area contributed by atoms with E-state index in [0.717, 1.165) is 5.75 Å². The molecular weight excluding hydrogens is 286 g/mol. The van der Waals surface area contributed by atoms with Crippen LogP contribution in [0.1, 0.15) is 11.3 Å². The third kappa shape index (κ3) is 3.54. The van der Waals surface area contributed by atoms with Gasteiger partial charge in [0.2, 0.25) is 0 Å². The lowest BCUT2D eigenvalue weighted by atomic mass is 10.2. The average Bonchev–Trinajstić information content (AvgIpc) is 2.81. The summed E-state index contributed by atoms with van der Waals surface area (Å²) in [6, 6.07) is 13.7. The van der Waals surface area contributed by atoms with E-state index in [1.54, 1.807) is 18.4 Å². The van der Waals surface area contributed by atoms with Gasteiger partial charge in [-0.3, -0.25) is 5.41 Å². The van der Waals surface area contributed by atoms with Gasteiger partial charge >= 0.3 is 0 Å². The van der Waals surface area contributed by atoms with Gasteiger partial charge in [0.05, 0.1) is 6.26 Å². The van der Waals surface area contributed by atoms with Crippen LogP contribution in [-0.2, 0) is 5.75 Å². The van der Waals surface area contributed by atoms with E-state index >= 15 is 0 Å². The standard InChI is InChI=1S/C12H11NOS.BrH/c13-12(11-7-4-8-14-11)15-9-10-5-2-1-3-6-10;/h1-8,13H,9H2;1H. The molecule has 0 radical (unpaired) electrons. The maximum absolute atomic E-state index is 7.76. The van der Waals surface area contributed by atoms with Gasteiger partial charge in [-0.15, -0.1) is 17.0 Å². The number of hydrogen-bond acceptors (Lipinski definition) is 3. The minimum absolute atomic E-state index is 0. The highest BCUT2D eigenvalue weighted by Crippen LogP contribution is 2.17. The van der Waals surface area contributed by atoms with E-state index in [9.17, 15) is 0 Å². The number of benzene rings is 1. The van der Waals surface area contributed by atoms with Gasteiger partial charge in [0.25, 0.3) is 0 Å². The quantitative estimate of drug-likeness (QED) is 0.683. The Morgan fingerprint density at radius 3 is 2.50 bits per heavy atom. The maximum Gasteiger partial charge on any atom is 0.158 e. The summed E-state index contributed by atoms with van der Waals surface area (Å²) in [5.74, 6) is 1.44. The van der Waals surface area contributed by atoms with Crippen molar-refractivity contribution < 1.29 is 4.42 Å². The first-order valence-electron chi connectivity index (χ1n) is 4.65. The zero-order chi connectivity index (χ0) is 10.5. The SMILES string of the molecule is Br.N=C(SCc1ccccc1)c1ccco1. The maximum atomic E-state index is 7.76. The van der Waals surface area contributed by atoms with Gasteiger partial charge in [0, 0.05) is 5.75 Å². The minimum atomic E-state index is 0. The van der Waals surface area contributed by atoms with Crippen molar-refractivity contribution in [2.75, 3.05) is 0 Å². The third-order valence-electron chi connectivity index (χ3n) is 1.97. The highest BCUT2D eigenvalue weighted by Gasteiger charge is 2.04. The number of furan rings is 1. The van der Waals surface area contributed by atoms with E-state index in [1.165, 1.54) is 17.3 Å². The van der Waals surface area contributed by atoms with E-state index in [0.29, 0.717) is 10.8 Å². The van der Waals surface area contributed by atoms with Crippen molar-refractivity contribution in [1.82, 2.24) is 0 Å². The Kier molecular flexibility index (Phi) is 5.35. The molecule has 1 aromatic heterocycles. The lowest BCUT2D eigenvalue weighted by Crippen LogP contribution is -1.91. The largest absolute Gasteiger partial charge is 0.462 e. The molecule has 84 valence electrons. The van der Waals surface area contributed by atoms with Crippen LogP contribution >= 0.6 is 28.7 Å². The van der Waals surface area contributed by atoms with Gasteiger partial charge in [-0.1, -0.05) is 42.1 Å². The summed E-state index contributed by atoms with van der Waals surface area (Å²) in [6.07, 6.45) is 1.59. The molecule has 0 saturated heterocycles. The molecule has 1 N–H and O–H groups in total. The van der Waals surface area contributed by atoms with Crippen LogP contribution in [0.25, 0.3) is 0 Å². The summed E-state index contributed by atoms with van der Waals surface area (Å²) in [4.78, 5) is 0. The van der Waals surface area contributed by atoms with Crippen LogP contribution in [-0.4, -0.2) is 5.04 Å².